The number of carbonyl (C=O) groups excluding carboxylic acids is 1. The normalized spacial score (nSPS) is 8.45. The number of likely N-dealkylation sites (N-methyl/N-ethyl adjacent to an activating group) is 2. The molecule has 0 saturated carbocycles. The van der Waals surface area contributed by atoms with E-state index in [1.54, 1.807) is 0 Å². The van der Waals surface area contributed by atoms with E-state index in [0.717, 1.165) is 13.1 Å². The Morgan fingerprint density at radius 2 is 2.00 bits per heavy atom. The number of hydrogen-bond donors (Lipinski definition) is 1. The standard InChI is InChI=1S/C5H14N2.C2H4O2/c1-6-4-5-7(2)3;1-4-2-3/h6H,4-5H2,1-3H3;2H,1H3. The van der Waals surface area contributed by atoms with Crippen molar-refractivity contribution in [2.45, 2.75) is 0 Å². The molecule has 68 valence electrons. The number of carbonyl (C=O) groups is 1. The van der Waals surface area contributed by atoms with Gasteiger partial charge in [-0.05, 0) is 21.1 Å². The van der Waals surface area contributed by atoms with Gasteiger partial charge < -0.3 is 15.0 Å². The van der Waals surface area contributed by atoms with E-state index in [0.29, 0.717) is 6.47 Å². The molecule has 4 heteroatoms. The molecule has 0 saturated heterocycles. The zero-order chi connectivity index (χ0) is 9.11. The second-order valence-electron chi connectivity index (χ2n) is 2.24. The Bertz CT molecular complexity index is 76.8. The molecule has 0 aliphatic heterocycles. The summed E-state index contributed by atoms with van der Waals surface area (Å²) < 4.78 is 3.86. The van der Waals surface area contributed by atoms with E-state index in [1.807, 2.05) is 7.05 Å². The van der Waals surface area contributed by atoms with Crippen LogP contribution in [0.4, 0.5) is 0 Å². The highest BCUT2D eigenvalue weighted by Gasteiger charge is 1.82. The molecule has 0 rings (SSSR count). The largest absolute Gasteiger partial charge is 0.471 e. The van der Waals surface area contributed by atoms with Gasteiger partial charge in [0.1, 0.15) is 0 Å². The van der Waals surface area contributed by atoms with E-state index in [-0.39, 0.29) is 0 Å². The zero-order valence-electron chi connectivity index (χ0n) is 7.76. The van der Waals surface area contributed by atoms with Crippen molar-refractivity contribution >= 4 is 6.47 Å². The molecule has 0 aromatic heterocycles. The van der Waals surface area contributed by atoms with Crippen molar-refractivity contribution in [3.05, 3.63) is 0 Å². The smallest absolute Gasteiger partial charge is 0.292 e. The summed E-state index contributed by atoms with van der Waals surface area (Å²) >= 11 is 0. The molecular weight excluding hydrogens is 144 g/mol. The summed E-state index contributed by atoms with van der Waals surface area (Å²) in [6.45, 7) is 2.57. The van der Waals surface area contributed by atoms with Crippen LogP contribution in [0.25, 0.3) is 0 Å². The highest BCUT2D eigenvalue weighted by molar-refractivity contribution is 5.36. The Morgan fingerprint density at radius 3 is 2.09 bits per heavy atom. The molecule has 0 aliphatic rings. The average molecular weight is 162 g/mol. The third-order valence-corrected chi connectivity index (χ3v) is 0.905. The fraction of sp³-hybridized carbons (Fsp3) is 0.857. The molecule has 0 fully saturated rings. The minimum Gasteiger partial charge on any atom is -0.471 e. The molecule has 0 amide bonds. The van der Waals surface area contributed by atoms with Crippen molar-refractivity contribution in [1.29, 1.82) is 0 Å². The maximum atomic E-state index is 8.95. The van der Waals surface area contributed by atoms with E-state index in [4.69, 9.17) is 4.79 Å². The number of methoxy groups -OCH3 is 1. The first-order valence-corrected chi connectivity index (χ1v) is 3.44. The lowest BCUT2D eigenvalue weighted by atomic mass is 10.6. The quantitative estimate of drug-likeness (QED) is 0.569. The molecule has 0 spiro atoms. The van der Waals surface area contributed by atoms with E-state index in [2.05, 4.69) is 29.0 Å². The van der Waals surface area contributed by atoms with Gasteiger partial charge in [-0.1, -0.05) is 0 Å². The summed E-state index contributed by atoms with van der Waals surface area (Å²) in [6.07, 6.45) is 0. The Morgan fingerprint density at radius 1 is 1.55 bits per heavy atom. The molecule has 4 nitrogen and oxygen atoms in total. The molecule has 11 heavy (non-hydrogen) atoms. The topological polar surface area (TPSA) is 41.6 Å². The van der Waals surface area contributed by atoms with Gasteiger partial charge in [0.05, 0.1) is 7.11 Å². The van der Waals surface area contributed by atoms with Crippen LogP contribution >= 0.6 is 0 Å². The summed E-state index contributed by atoms with van der Waals surface area (Å²) in [7, 11) is 7.41. The molecule has 0 bridgehead atoms. The van der Waals surface area contributed by atoms with Crippen LogP contribution in [0, 0.1) is 0 Å². The van der Waals surface area contributed by atoms with Gasteiger partial charge in [-0.2, -0.15) is 0 Å². The van der Waals surface area contributed by atoms with Crippen LogP contribution in [0.3, 0.4) is 0 Å². The Balaban J connectivity index is 0. The number of hydrogen-bond acceptors (Lipinski definition) is 4. The molecule has 0 aromatic carbocycles. The van der Waals surface area contributed by atoms with Crippen LogP contribution in [-0.2, 0) is 9.53 Å². The van der Waals surface area contributed by atoms with Crippen molar-refractivity contribution < 1.29 is 9.53 Å². The molecule has 0 atom stereocenters. The van der Waals surface area contributed by atoms with Crippen molar-refractivity contribution in [1.82, 2.24) is 10.2 Å². The molecular formula is C7H18N2O2. The predicted molar refractivity (Wildman–Crippen MR) is 45.6 cm³/mol. The molecule has 0 unspecified atom stereocenters. The fourth-order valence-electron chi connectivity index (χ4n) is 0.335. The first-order chi connectivity index (χ1) is 5.18. The van der Waals surface area contributed by atoms with Gasteiger partial charge in [-0.15, -0.1) is 0 Å². The van der Waals surface area contributed by atoms with Gasteiger partial charge >= 0.3 is 0 Å². The van der Waals surface area contributed by atoms with Crippen LogP contribution in [0.2, 0.25) is 0 Å². The highest BCUT2D eigenvalue weighted by Crippen LogP contribution is 1.66. The predicted octanol–water partition coefficient (Wildman–Crippen LogP) is -0.443. The van der Waals surface area contributed by atoms with Gasteiger partial charge in [-0.25, -0.2) is 0 Å². The second-order valence-corrected chi connectivity index (χ2v) is 2.24. The average Bonchev–Trinajstić information content (AvgIpc) is 2.01. The number of ether oxygens (including phenoxy) is 1. The Labute approximate surface area is 68.5 Å². The van der Waals surface area contributed by atoms with Crippen LogP contribution in [-0.4, -0.2) is 52.7 Å². The van der Waals surface area contributed by atoms with Crippen LogP contribution in [0.1, 0.15) is 0 Å². The number of nitrogens with zero attached hydrogens (tertiary/aromatic N) is 1. The summed E-state index contributed by atoms with van der Waals surface area (Å²) in [5, 5.41) is 3.06. The van der Waals surface area contributed by atoms with Crippen LogP contribution < -0.4 is 5.32 Å². The van der Waals surface area contributed by atoms with E-state index in [9.17, 15) is 0 Å². The van der Waals surface area contributed by atoms with E-state index < -0.39 is 0 Å². The molecule has 0 aromatic rings. The summed E-state index contributed by atoms with van der Waals surface area (Å²) in [5.74, 6) is 0. The molecule has 0 aliphatic carbocycles. The van der Waals surface area contributed by atoms with Crippen LogP contribution in [0.5, 0.6) is 0 Å². The van der Waals surface area contributed by atoms with Gasteiger partial charge in [0.15, 0.2) is 0 Å². The SMILES string of the molecule is CNCCN(C)C.COC=O. The minimum absolute atomic E-state index is 0.375. The first-order valence-electron chi connectivity index (χ1n) is 3.44. The third-order valence-electron chi connectivity index (χ3n) is 0.905. The van der Waals surface area contributed by atoms with Crippen molar-refractivity contribution in [2.75, 3.05) is 41.3 Å². The van der Waals surface area contributed by atoms with Gasteiger partial charge in [0, 0.05) is 13.1 Å². The molecule has 0 heterocycles. The van der Waals surface area contributed by atoms with Gasteiger partial charge in [-0.3, -0.25) is 4.79 Å². The van der Waals surface area contributed by atoms with Crippen LogP contribution in [0.15, 0.2) is 0 Å². The monoisotopic (exact) mass is 162 g/mol. The summed E-state index contributed by atoms with van der Waals surface area (Å²) in [6, 6.07) is 0. The second kappa shape index (κ2) is 12.1. The highest BCUT2D eigenvalue weighted by atomic mass is 16.5. The van der Waals surface area contributed by atoms with Crippen molar-refractivity contribution in [3.63, 3.8) is 0 Å². The van der Waals surface area contributed by atoms with Crippen molar-refractivity contribution in [2.24, 2.45) is 0 Å². The van der Waals surface area contributed by atoms with E-state index >= 15 is 0 Å². The molecule has 0 radical (unpaired) electrons. The number of nitrogens with one attached hydrogen (secondary N) is 1. The number of rotatable bonds is 4. The zero-order valence-corrected chi connectivity index (χ0v) is 7.76. The van der Waals surface area contributed by atoms with E-state index in [1.165, 1.54) is 7.11 Å². The van der Waals surface area contributed by atoms with Gasteiger partial charge in [0.25, 0.3) is 6.47 Å². The lowest BCUT2D eigenvalue weighted by Crippen LogP contribution is -2.23. The van der Waals surface area contributed by atoms with Gasteiger partial charge in [0.2, 0.25) is 0 Å². The summed E-state index contributed by atoms with van der Waals surface area (Å²) in [4.78, 5) is 11.1. The Kier molecular flexibility index (Phi) is 14.3. The molecule has 1 N–H and O–H groups in total. The third kappa shape index (κ3) is 26.6. The lowest BCUT2D eigenvalue weighted by Gasteiger charge is -2.06. The minimum atomic E-state index is 0.375. The fourth-order valence-corrected chi connectivity index (χ4v) is 0.335. The maximum Gasteiger partial charge on any atom is 0.292 e. The first kappa shape index (κ1) is 13.0. The summed E-state index contributed by atoms with van der Waals surface area (Å²) in [5.41, 5.74) is 0. The lowest BCUT2D eigenvalue weighted by molar-refractivity contribution is -0.126. The van der Waals surface area contributed by atoms with Crippen molar-refractivity contribution in [3.8, 4) is 0 Å². The Hall–Kier alpha value is -0.610. The maximum absolute atomic E-state index is 8.95.